The highest BCUT2D eigenvalue weighted by molar-refractivity contribution is 5.68. The summed E-state index contributed by atoms with van der Waals surface area (Å²) in [7, 11) is 0. The Hall–Kier alpha value is -1.78. The lowest BCUT2D eigenvalue weighted by molar-refractivity contribution is 0.0508. The van der Waals surface area contributed by atoms with Crippen LogP contribution in [0, 0.1) is 0 Å². The first kappa shape index (κ1) is 13.3. The molecule has 1 amide bonds. The van der Waals surface area contributed by atoms with Gasteiger partial charge < -0.3 is 15.0 Å². The standard InChI is InChI=1S/C12H18N2O3/c1-8(9-5-6-13-10(15)7-9)14-11(16)17-12(2,3)4/h5-8H,1-4H3,(H,13,15)(H,14,16). The van der Waals surface area contributed by atoms with E-state index in [-0.39, 0.29) is 11.6 Å². The number of hydrogen-bond donors (Lipinski definition) is 2. The number of pyridine rings is 1. The molecule has 0 fully saturated rings. The molecule has 0 radical (unpaired) electrons. The van der Waals surface area contributed by atoms with Crippen molar-refractivity contribution in [1.29, 1.82) is 0 Å². The molecule has 0 aromatic carbocycles. The zero-order valence-corrected chi connectivity index (χ0v) is 10.5. The summed E-state index contributed by atoms with van der Waals surface area (Å²) in [6.07, 6.45) is 1.05. The third kappa shape index (κ3) is 4.72. The number of carbonyl (C=O) groups excluding carboxylic acids is 1. The molecule has 17 heavy (non-hydrogen) atoms. The lowest BCUT2D eigenvalue weighted by Gasteiger charge is -2.22. The molecule has 1 aromatic heterocycles. The Bertz CT molecular complexity index is 446. The normalized spacial score (nSPS) is 12.9. The zero-order chi connectivity index (χ0) is 13.1. The number of hydrogen-bond acceptors (Lipinski definition) is 3. The highest BCUT2D eigenvalue weighted by Crippen LogP contribution is 2.11. The molecule has 5 nitrogen and oxygen atoms in total. The van der Waals surface area contributed by atoms with Crippen LogP contribution in [-0.4, -0.2) is 16.7 Å². The van der Waals surface area contributed by atoms with Crippen molar-refractivity contribution in [2.24, 2.45) is 0 Å². The molecule has 0 aliphatic rings. The summed E-state index contributed by atoms with van der Waals surface area (Å²) in [5.74, 6) is 0. The minimum Gasteiger partial charge on any atom is -0.444 e. The van der Waals surface area contributed by atoms with Crippen molar-refractivity contribution in [1.82, 2.24) is 10.3 Å². The Kier molecular flexibility index (Phi) is 3.93. The van der Waals surface area contributed by atoms with Crippen LogP contribution < -0.4 is 10.9 Å². The van der Waals surface area contributed by atoms with Crippen LogP contribution in [0.2, 0.25) is 0 Å². The molecule has 1 atom stereocenters. The Balaban J connectivity index is 2.64. The van der Waals surface area contributed by atoms with Gasteiger partial charge in [-0.25, -0.2) is 4.79 Å². The largest absolute Gasteiger partial charge is 0.444 e. The fourth-order valence-corrected chi connectivity index (χ4v) is 1.30. The van der Waals surface area contributed by atoms with Crippen molar-refractivity contribution in [3.8, 4) is 0 Å². The van der Waals surface area contributed by atoms with E-state index in [0.717, 1.165) is 5.56 Å². The first-order valence-corrected chi connectivity index (χ1v) is 5.46. The van der Waals surface area contributed by atoms with Crippen molar-refractivity contribution < 1.29 is 9.53 Å². The van der Waals surface area contributed by atoms with Crippen LogP contribution >= 0.6 is 0 Å². The van der Waals surface area contributed by atoms with Gasteiger partial charge in [0.15, 0.2) is 0 Å². The quantitative estimate of drug-likeness (QED) is 0.827. The van der Waals surface area contributed by atoms with Gasteiger partial charge in [-0.05, 0) is 39.3 Å². The molecule has 1 unspecified atom stereocenters. The van der Waals surface area contributed by atoms with E-state index in [9.17, 15) is 9.59 Å². The Morgan fingerprint density at radius 3 is 2.65 bits per heavy atom. The Morgan fingerprint density at radius 1 is 1.47 bits per heavy atom. The van der Waals surface area contributed by atoms with Gasteiger partial charge >= 0.3 is 6.09 Å². The molecule has 5 heteroatoms. The van der Waals surface area contributed by atoms with Gasteiger partial charge in [0.25, 0.3) is 0 Å². The second-order valence-corrected chi connectivity index (χ2v) is 4.85. The lowest BCUT2D eigenvalue weighted by atomic mass is 10.1. The van der Waals surface area contributed by atoms with E-state index in [1.807, 2.05) is 0 Å². The summed E-state index contributed by atoms with van der Waals surface area (Å²) in [6.45, 7) is 7.18. The molecule has 0 aliphatic heterocycles. The lowest BCUT2D eigenvalue weighted by Crippen LogP contribution is -2.34. The summed E-state index contributed by atoms with van der Waals surface area (Å²) in [5.41, 5.74) is 0.0118. The topological polar surface area (TPSA) is 71.2 Å². The number of alkyl carbamates (subject to hydrolysis) is 1. The highest BCUT2D eigenvalue weighted by Gasteiger charge is 2.18. The fraction of sp³-hybridized carbons (Fsp3) is 0.500. The average molecular weight is 238 g/mol. The summed E-state index contributed by atoms with van der Waals surface area (Å²) < 4.78 is 5.12. The molecular formula is C12H18N2O3. The van der Waals surface area contributed by atoms with Gasteiger partial charge in [-0.2, -0.15) is 0 Å². The molecular weight excluding hydrogens is 220 g/mol. The van der Waals surface area contributed by atoms with Gasteiger partial charge in [0.05, 0.1) is 6.04 Å². The Morgan fingerprint density at radius 2 is 2.12 bits per heavy atom. The number of carbonyl (C=O) groups is 1. The molecule has 1 rings (SSSR count). The number of amides is 1. The molecule has 1 heterocycles. The molecule has 2 N–H and O–H groups in total. The Labute approximate surface area is 100 Å². The van der Waals surface area contributed by atoms with Crippen molar-refractivity contribution >= 4 is 6.09 Å². The minimum absolute atomic E-state index is 0.194. The van der Waals surface area contributed by atoms with Crippen molar-refractivity contribution in [2.45, 2.75) is 39.3 Å². The predicted octanol–water partition coefficient (Wildman–Crippen LogP) is 1.96. The highest BCUT2D eigenvalue weighted by atomic mass is 16.6. The van der Waals surface area contributed by atoms with E-state index >= 15 is 0 Å². The van der Waals surface area contributed by atoms with Crippen LogP contribution in [0.3, 0.4) is 0 Å². The van der Waals surface area contributed by atoms with E-state index < -0.39 is 11.7 Å². The number of aromatic nitrogens is 1. The summed E-state index contributed by atoms with van der Waals surface area (Å²) in [6, 6.07) is 2.91. The summed E-state index contributed by atoms with van der Waals surface area (Å²) in [5, 5.41) is 2.67. The van der Waals surface area contributed by atoms with Crippen molar-refractivity contribution in [2.75, 3.05) is 0 Å². The average Bonchev–Trinajstić information content (AvgIpc) is 2.14. The van der Waals surface area contributed by atoms with E-state index in [0.29, 0.717) is 0 Å². The summed E-state index contributed by atoms with van der Waals surface area (Å²) in [4.78, 5) is 25.1. The third-order valence-electron chi connectivity index (χ3n) is 2.03. The maximum absolute atomic E-state index is 11.5. The van der Waals surface area contributed by atoms with E-state index in [1.54, 1.807) is 40.0 Å². The minimum atomic E-state index is -0.530. The van der Waals surface area contributed by atoms with E-state index in [4.69, 9.17) is 4.74 Å². The van der Waals surface area contributed by atoms with E-state index in [2.05, 4.69) is 10.3 Å². The second kappa shape index (κ2) is 5.03. The maximum atomic E-state index is 11.5. The molecule has 1 aromatic rings. The van der Waals surface area contributed by atoms with Crippen LogP contribution in [0.4, 0.5) is 4.79 Å². The van der Waals surface area contributed by atoms with Crippen LogP contribution in [-0.2, 0) is 4.74 Å². The van der Waals surface area contributed by atoms with E-state index in [1.165, 1.54) is 6.07 Å². The van der Waals surface area contributed by atoms with Gasteiger partial charge in [0.2, 0.25) is 5.56 Å². The van der Waals surface area contributed by atoms with Crippen LogP contribution in [0.15, 0.2) is 23.1 Å². The number of aromatic amines is 1. The van der Waals surface area contributed by atoms with Crippen LogP contribution in [0.5, 0.6) is 0 Å². The van der Waals surface area contributed by atoms with Gasteiger partial charge in [-0.1, -0.05) is 0 Å². The van der Waals surface area contributed by atoms with Gasteiger partial charge in [0.1, 0.15) is 5.60 Å². The van der Waals surface area contributed by atoms with Crippen LogP contribution in [0.25, 0.3) is 0 Å². The number of nitrogens with one attached hydrogen (secondary N) is 2. The molecule has 0 saturated heterocycles. The number of H-pyrrole nitrogens is 1. The monoisotopic (exact) mass is 238 g/mol. The fourth-order valence-electron chi connectivity index (χ4n) is 1.30. The first-order chi connectivity index (χ1) is 7.78. The molecule has 0 aliphatic carbocycles. The number of rotatable bonds is 2. The number of ether oxygens (including phenoxy) is 1. The summed E-state index contributed by atoms with van der Waals surface area (Å²) >= 11 is 0. The SMILES string of the molecule is CC(NC(=O)OC(C)(C)C)c1cc[nH]c(=O)c1. The van der Waals surface area contributed by atoms with Crippen molar-refractivity contribution in [3.63, 3.8) is 0 Å². The molecule has 94 valence electrons. The second-order valence-electron chi connectivity index (χ2n) is 4.85. The first-order valence-electron chi connectivity index (χ1n) is 5.46. The van der Waals surface area contributed by atoms with Crippen molar-refractivity contribution in [3.05, 3.63) is 34.2 Å². The van der Waals surface area contributed by atoms with Crippen LogP contribution in [0.1, 0.15) is 39.3 Å². The molecule has 0 spiro atoms. The predicted molar refractivity (Wildman–Crippen MR) is 64.8 cm³/mol. The third-order valence-corrected chi connectivity index (χ3v) is 2.03. The smallest absolute Gasteiger partial charge is 0.408 e. The maximum Gasteiger partial charge on any atom is 0.408 e. The zero-order valence-electron chi connectivity index (χ0n) is 10.5. The molecule has 0 bridgehead atoms. The van der Waals surface area contributed by atoms with Gasteiger partial charge in [0, 0.05) is 12.3 Å². The van der Waals surface area contributed by atoms with Gasteiger partial charge in [-0.15, -0.1) is 0 Å². The van der Waals surface area contributed by atoms with Gasteiger partial charge in [-0.3, -0.25) is 4.79 Å². The molecule has 0 saturated carbocycles.